The lowest BCUT2D eigenvalue weighted by Gasteiger charge is -2.34. The Morgan fingerprint density at radius 1 is 1.33 bits per heavy atom. The van der Waals surface area contributed by atoms with Gasteiger partial charge in [-0.1, -0.05) is 0 Å². The second-order valence-electron chi connectivity index (χ2n) is 4.45. The van der Waals surface area contributed by atoms with Crippen molar-refractivity contribution in [3.05, 3.63) is 0 Å². The summed E-state index contributed by atoms with van der Waals surface area (Å²) in [4.78, 5) is 1.36. The van der Waals surface area contributed by atoms with Gasteiger partial charge in [-0.2, -0.15) is 13.2 Å². The zero-order valence-corrected chi connectivity index (χ0v) is 9.09. The van der Waals surface area contributed by atoms with E-state index in [1.54, 1.807) is 13.8 Å². The predicted molar refractivity (Wildman–Crippen MR) is 51.5 cm³/mol. The van der Waals surface area contributed by atoms with Gasteiger partial charge in [-0.25, -0.2) is 0 Å². The van der Waals surface area contributed by atoms with Crippen LogP contribution in [0.2, 0.25) is 0 Å². The summed E-state index contributed by atoms with van der Waals surface area (Å²) >= 11 is 0. The summed E-state index contributed by atoms with van der Waals surface area (Å²) in [5.74, 6) is 0. The molecule has 90 valence electrons. The van der Waals surface area contributed by atoms with E-state index >= 15 is 0 Å². The number of alkyl halides is 3. The van der Waals surface area contributed by atoms with Crippen molar-refractivity contribution in [1.82, 2.24) is 4.90 Å². The lowest BCUT2D eigenvalue weighted by molar-refractivity contribution is -0.159. The lowest BCUT2D eigenvalue weighted by atomic mass is 10.1. The Labute approximate surface area is 88.1 Å². The third kappa shape index (κ3) is 3.65. The highest BCUT2D eigenvalue weighted by Gasteiger charge is 2.39. The normalized spacial score (nSPS) is 28.0. The second-order valence-corrected chi connectivity index (χ2v) is 4.45. The van der Waals surface area contributed by atoms with E-state index < -0.39 is 18.8 Å². The number of hydrogen-bond donors (Lipinski definition) is 1. The van der Waals surface area contributed by atoms with Crippen LogP contribution in [0.3, 0.4) is 0 Å². The summed E-state index contributed by atoms with van der Waals surface area (Å²) in [6, 6.07) is -0.518. The topological polar surface area (TPSA) is 23.5 Å². The van der Waals surface area contributed by atoms with Crippen LogP contribution < -0.4 is 0 Å². The van der Waals surface area contributed by atoms with Crippen LogP contribution in [-0.2, 0) is 0 Å². The van der Waals surface area contributed by atoms with Crippen LogP contribution in [0.5, 0.6) is 0 Å². The third-order valence-electron chi connectivity index (χ3n) is 2.90. The van der Waals surface area contributed by atoms with E-state index in [0.717, 1.165) is 6.42 Å². The van der Waals surface area contributed by atoms with Crippen LogP contribution in [0.25, 0.3) is 0 Å². The summed E-state index contributed by atoms with van der Waals surface area (Å²) < 4.78 is 37.0. The molecule has 0 aromatic heterocycles. The highest BCUT2D eigenvalue weighted by molar-refractivity contribution is 4.87. The maximum absolute atomic E-state index is 12.3. The van der Waals surface area contributed by atoms with Gasteiger partial charge in [0.1, 0.15) is 0 Å². The van der Waals surface area contributed by atoms with E-state index in [1.165, 1.54) is 4.90 Å². The largest absolute Gasteiger partial charge is 0.401 e. The number of hydrogen-bond acceptors (Lipinski definition) is 2. The Hall–Kier alpha value is -0.290. The van der Waals surface area contributed by atoms with Crippen molar-refractivity contribution < 1.29 is 18.3 Å². The smallest absolute Gasteiger partial charge is 0.391 e. The van der Waals surface area contributed by atoms with Crippen LogP contribution in [0.1, 0.15) is 33.1 Å². The monoisotopic (exact) mass is 225 g/mol. The molecule has 0 aliphatic heterocycles. The predicted octanol–water partition coefficient (Wildman–Crippen LogP) is 2.17. The molecule has 1 rings (SSSR count). The van der Waals surface area contributed by atoms with Crippen LogP contribution in [0.4, 0.5) is 13.2 Å². The van der Waals surface area contributed by atoms with Gasteiger partial charge in [0, 0.05) is 12.1 Å². The average molecular weight is 225 g/mol. The number of halogens is 3. The van der Waals surface area contributed by atoms with E-state index in [1.807, 2.05) is 0 Å². The lowest BCUT2D eigenvalue weighted by Crippen LogP contribution is -2.48. The van der Waals surface area contributed by atoms with Crippen LogP contribution >= 0.6 is 0 Å². The van der Waals surface area contributed by atoms with Gasteiger partial charge in [0.2, 0.25) is 0 Å². The van der Waals surface area contributed by atoms with Gasteiger partial charge in [-0.15, -0.1) is 0 Å². The minimum absolute atomic E-state index is 0.190. The Kier molecular flexibility index (Phi) is 4.00. The fourth-order valence-corrected chi connectivity index (χ4v) is 2.20. The number of aliphatic hydroxyl groups is 1. The SMILES string of the molecule is CC(C)N(CC(F)(F)F)[C@@H]1CCC[C@H]1O. The molecule has 1 aliphatic rings. The number of aliphatic hydroxyl groups excluding tert-OH is 1. The molecule has 0 saturated heterocycles. The van der Waals surface area contributed by atoms with E-state index in [9.17, 15) is 18.3 Å². The first-order valence-electron chi connectivity index (χ1n) is 5.32. The van der Waals surface area contributed by atoms with Gasteiger partial charge < -0.3 is 5.11 Å². The highest BCUT2D eigenvalue weighted by atomic mass is 19.4. The molecule has 0 heterocycles. The molecule has 0 spiro atoms. The quantitative estimate of drug-likeness (QED) is 0.795. The fraction of sp³-hybridized carbons (Fsp3) is 1.00. The van der Waals surface area contributed by atoms with Crippen molar-refractivity contribution in [2.75, 3.05) is 6.54 Å². The van der Waals surface area contributed by atoms with Gasteiger partial charge in [-0.3, -0.25) is 4.90 Å². The standard InChI is InChI=1S/C10H18F3NO/c1-7(2)14(6-10(11,12)13)8-4-3-5-9(8)15/h7-9,15H,3-6H2,1-2H3/t8-,9-/m1/s1. The zero-order chi connectivity index (χ0) is 11.6. The first-order chi connectivity index (χ1) is 6.81. The van der Waals surface area contributed by atoms with E-state index in [-0.39, 0.29) is 12.1 Å². The molecular weight excluding hydrogens is 207 g/mol. The van der Waals surface area contributed by atoms with Crippen LogP contribution in [0.15, 0.2) is 0 Å². The van der Waals surface area contributed by atoms with Gasteiger partial charge in [0.25, 0.3) is 0 Å². The molecule has 1 fully saturated rings. The maximum Gasteiger partial charge on any atom is 0.401 e. The molecule has 0 amide bonds. The molecular formula is C10H18F3NO. The molecule has 0 unspecified atom stereocenters. The van der Waals surface area contributed by atoms with Gasteiger partial charge in [-0.05, 0) is 33.1 Å². The Balaban J connectivity index is 2.65. The minimum atomic E-state index is -4.19. The van der Waals surface area contributed by atoms with Crippen molar-refractivity contribution in [2.24, 2.45) is 0 Å². The second kappa shape index (κ2) is 4.70. The summed E-state index contributed by atoms with van der Waals surface area (Å²) in [7, 11) is 0. The fourth-order valence-electron chi connectivity index (χ4n) is 2.20. The van der Waals surface area contributed by atoms with Crippen LogP contribution in [-0.4, -0.2) is 40.9 Å². The highest BCUT2D eigenvalue weighted by Crippen LogP contribution is 2.28. The van der Waals surface area contributed by atoms with Gasteiger partial charge in [0.05, 0.1) is 12.6 Å². The summed E-state index contributed by atoms with van der Waals surface area (Å²) in [6.07, 6.45) is -2.70. The molecule has 0 aromatic carbocycles. The number of rotatable bonds is 3. The zero-order valence-electron chi connectivity index (χ0n) is 9.09. The van der Waals surface area contributed by atoms with E-state index in [2.05, 4.69) is 0 Å². The molecule has 0 aromatic rings. The summed E-state index contributed by atoms with van der Waals surface area (Å²) in [5, 5.41) is 9.60. The minimum Gasteiger partial charge on any atom is -0.391 e. The third-order valence-corrected chi connectivity index (χ3v) is 2.90. The molecule has 0 radical (unpaired) electrons. The Bertz CT molecular complexity index is 205. The maximum atomic E-state index is 12.3. The molecule has 5 heteroatoms. The van der Waals surface area contributed by atoms with Crippen molar-refractivity contribution in [1.29, 1.82) is 0 Å². The molecule has 0 bridgehead atoms. The van der Waals surface area contributed by atoms with E-state index in [4.69, 9.17) is 0 Å². The molecule has 2 atom stereocenters. The van der Waals surface area contributed by atoms with Crippen molar-refractivity contribution in [3.63, 3.8) is 0 Å². The molecule has 1 aliphatic carbocycles. The Morgan fingerprint density at radius 3 is 2.27 bits per heavy atom. The first-order valence-corrected chi connectivity index (χ1v) is 5.32. The van der Waals surface area contributed by atoms with Crippen molar-refractivity contribution >= 4 is 0 Å². The van der Waals surface area contributed by atoms with Gasteiger partial charge in [0.15, 0.2) is 0 Å². The first kappa shape index (κ1) is 12.8. The van der Waals surface area contributed by atoms with E-state index in [0.29, 0.717) is 12.8 Å². The summed E-state index contributed by atoms with van der Waals surface area (Å²) in [5.41, 5.74) is 0. The van der Waals surface area contributed by atoms with Gasteiger partial charge >= 0.3 is 6.18 Å². The number of nitrogens with zero attached hydrogens (tertiary/aromatic N) is 1. The molecule has 1 saturated carbocycles. The van der Waals surface area contributed by atoms with Crippen LogP contribution in [0, 0.1) is 0 Å². The molecule has 1 N–H and O–H groups in total. The summed E-state index contributed by atoms with van der Waals surface area (Å²) in [6.45, 7) is 2.54. The van der Waals surface area contributed by atoms with Crippen molar-refractivity contribution in [3.8, 4) is 0 Å². The average Bonchev–Trinajstić information content (AvgIpc) is 2.45. The Morgan fingerprint density at radius 2 is 1.93 bits per heavy atom. The molecule has 15 heavy (non-hydrogen) atoms. The molecule has 2 nitrogen and oxygen atoms in total. The van der Waals surface area contributed by atoms with Crippen molar-refractivity contribution in [2.45, 2.75) is 57.5 Å².